The van der Waals surface area contributed by atoms with Gasteiger partial charge in [0.1, 0.15) is 0 Å². The Morgan fingerprint density at radius 3 is 2.60 bits per heavy atom. The molecule has 0 atom stereocenters. The average molecular weight is 250 g/mol. The van der Waals surface area contributed by atoms with Gasteiger partial charge in [0.2, 0.25) is 9.84 Å². The molecular formula is C8H8ClNO4S. The highest BCUT2D eigenvalue weighted by atomic mass is 35.5. The molecule has 0 saturated carbocycles. The van der Waals surface area contributed by atoms with Crippen molar-refractivity contribution in [2.24, 2.45) is 0 Å². The fourth-order valence-corrected chi connectivity index (χ4v) is 2.68. The van der Waals surface area contributed by atoms with Crippen LogP contribution in [0.4, 0.5) is 0 Å². The van der Waals surface area contributed by atoms with Gasteiger partial charge in [0.25, 0.3) is 0 Å². The fourth-order valence-electron chi connectivity index (χ4n) is 1.07. The van der Waals surface area contributed by atoms with E-state index in [-0.39, 0.29) is 9.92 Å². The van der Waals surface area contributed by atoms with E-state index in [2.05, 4.69) is 0 Å². The number of hydrogen-bond donors (Lipinski definition) is 0. The third-order valence-electron chi connectivity index (χ3n) is 1.77. The van der Waals surface area contributed by atoms with E-state index in [4.69, 9.17) is 11.6 Å². The molecule has 5 nitrogen and oxygen atoms in total. The predicted octanol–water partition coefficient (Wildman–Crippen LogP) is 1.66. The standard InChI is InChI=1S/C8H8ClNO4S/c1-6-3-2-4-7(8(6)9)15(13,14)5-10(11)12/h2-4H,5H2,1H3. The van der Waals surface area contributed by atoms with Gasteiger partial charge in [-0.1, -0.05) is 23.7 Å². The molecule has 0 aliphatic carbocycles. The van der Waals surface area contributed by atoms with Crippen LogP contribution in [0.1, 0.15) is 5.56 Å². The summed E-state index contributed by atoms with van der Waals surface area (Å²) in [6.45, 7) is 1.63. The topological polar surface area (TPSA) is 77.3 Å². The Morgan fingerprint density at radius 1 is 1.47 bits per heavy atom. The number of benzene rings is 1. The van der Waals surface area contributed by atoms with E-state index >= 15 is 0 Å². The van der Waals surface area contributed by atoms with Crippen molar-refractivity contribution >= 4 is 21.4 Å². The predicted molar refractivity (Wildman–Crippen MR) is 55.2 cm³/mol. The Balaban J connectivity index is 3.28. The molecule has 0 spiro atoms. The van der Waals surface area contributed by atoms with Crippen LogP contribution in [0.25, 0.3) is 0 Å². The second kappa shape index (κ2) is 4.16. The van der Waals surface area contributed by atoms with E-state index in [1.54, 1.807) is 13.0 Å². The molecule has 1 aromatic carbocycles. The maximum Gasteiger partial charge on any atom is 0.305 e. The first-order chi connectivity index (χ1) is 6.84. The third-order valence-corrected chi connectivity index (χ3v) is 3.94. The Bertz CT molecular complexity index is 497. The first-order valence-electron chi connectivity index (χ1n) is 3.94. The number of rotatable bonds is 3. The van der Waals surface area contributed by atoms with Crippen LogP contribution in [0.3, 0.4) is 0 Å². The molecule has 0 heterocycles. The number of nitrogens with zero attached hydrogens (tertiary/aromatic N) is 1. The van der Waals surface area contributed by atoms with E-state index in [1.165, 1.54) is 12.1 Å². The maximum absolute atomic E-state index is 11.5. The van der Waals surface area contributed by atoms with Gasteiger partial charge in [-0.3, -0.25) is 10.1 Å². The Hall–Kier alpha value is -1.14. The lowest BCUT2D eigenvalue weighted by Crippen LogP contribution is -2.15. The molecule has 1 aromatic rings. The third kappa shape index (κ3) is 2.66. The summed E-state index contributed by atoms with van der Waals surface area (Å²) in [5.41, 5.74) is 0.570. The van der Waals surface area contributed by atoms with Crippen LogP contribution in [0.2, 0.25) is 5.02 Å². The molecule has 15 heavy (non-hydrogen) atoms. The molecule has 0 bridgehead atoms. The zero-order chi connectivity index (χ0) is 11.6. The number of nitro groups is 1. The van der Waals surface area contributed by atoms with Gasteiger partial charge >= 0.3 is 5.88 Å². The zero-order valence-corrected chi connectivity index (χ0v) is 9.38. The summed E-state index contributed by atoms with van der Waals surface area (Å²) in [6, 6.07) is 4.38. The summed E-state index contributed by atoms with van der Waals surface area (Å²) >= 11 is 5.76. The summed E-state index contributed by atoms with van der Waals surface area (Å²) < 4.78 is 23.0. The lowest BCUT2D eigenvalue weighted by molar-refractivity contribution is -0.458. The summed E-state index contributed by atoms with van der Waals surface area (Å²) in [5.74, 6) is -1.14. The van der Waals surface area contributed by atoms with Crippen molar-refractivity contribution in [3.05, 3.63) is 38.9 Å². The molecule has 0 fully saturated rings. The second-order valence-corrected chi connectivity index (χ2v) is 5.27. The molecular weight excluding hydrogens is 242 g/mol. The normalized spacial score (nSPS) is 11.3. The summed E-state index contributed by atoms with van der Waals surface area (Å²) in [7, 11) is -3.94. The Labute approximate surface area is 91.7 Å². The van der Waals surface area contributed by atoms with E-state index in [0.29, 0.717) is 5.56 Å². The first-order valence-corrected chi connectivity index (χ1v) is 5.97. The fraction of sp³-hybridized carbons (Fsp3) is 0.250. The van der Waals surface area contributed by atoms with Gasteiger partial charge in [0.15, 0.2) is 0 Å². The van der Waals surface area contributed by atoms with Crippen molar-refractivity contribution in [1.82, 2.24) is 0 Å². The summed E-state index contributed by atoms with van der Waals surface area (Å²) in [6.07, 6.45) is 0. The minimum Gasteiger partial charge on any atom is -0.263 e. The largest absolute Gasteiger partial charge is 0.305 e. The van der Waals surface area contributed by atoms with E-state index in [1.807, 2.05) is 0 Å². The number of halogens is 1. The smallest absolute Gasteiger partial charge is 0.263 e. The van der Waals surface area contributed by atoms with Gasteiger partial charge in [-0.05, 0) is 18.6 Å². The quantitative estimate of drug-likeness (QED) is 0.603. The molecule has 0 aromatic heterocycles. The van der Waals surface area contributed by atoms with Crippen LogP contribution in [0.5, 0.6) is 0 Å². The average Bonchev–Trinajstić information content (AvgIpc) is 2.07. The van der Waals surface area contributed by atoms with Crippen LogP contribution in [0.15, 0.2) is 23.1 Å². The second-order valence-electron chi connectivity index (χ2n) is 2.96. The van der Waals surface area contributed by atoms with Gasteiger partial charge in [0.05, 0.1) is 9.92 Å². The van der Waals surface area contributed by atoms with Gasteiger partial charge in [-0.25, -0.2) is 8.42 Å². The lowest BCUT2D eigenvalue weighted by Gasteiger charge is -2.04. The van der Waals surface area contributed by atoms with Crippen LogP contribution in [-0.2, 0) is 9.84 Å². The SMILES string of the molecule is Cc1cccc(S(=O)(=O)C[N+](=O)[O-])c1Cl. The molecule has 0 aliphatic heterocycles. The lowest BCUT2D eigenvalue weighted by atomic mass is 10.2. The van der Waals surface area contributed by atoms with Gasteiger partial charge in [-0.2, -0.15) is 0 Å². The van der Waals surface area contributed by atoms with Crippen molar-refractivity contribution in [2.45, 2.75) is 11.8 Å². The Morgan fingerprint density at radius 2 is 2.07 bits per heavy atom. The number of hydrogen-bond acceptors (Lipinski definition) is 4. The van der Waals surface area contributed by atoms with Crippen LogP contribution >= 0.6 is 11.6 Å². The molecule has 0 saturated heterocycles. The molecule has 7 heteroatoms. The molecule has 0 amide bonds. The molecule has 1 rings (SSSR count). The highest BCUT2D eigenvalue weighted by molar-refractivity contribution is 7.91. The van der Waals surface area contributed by atoms with Crippen molar-refractivity contribution in [1.29, 1.82) is 0 Å². The highest BCUT2D eigenvalue weighted by Crippen LogP contribution is 2.25. The van der Waals surface area contributed by atoms with E-state index < -0.39 is 20.6 Å². The minimum atomic E-state index is -3.94. The Kier molecular flexibility index (Phi) is 3.31. The molecule has 82 valence electrons. The highest BCUT2D eigenvalue weighted by Gasteiger charge is 2.24. The van der Waals surface area contributed by atoms with Crippen LogP contribution in [0, 0.1) is 17.0 Å². The summed E-state index contributed by atoms with van der Waals surface area (Å²) in [5, 5.41) is 10.2. The molecule has 0 unspecified atom stereocenters. The summed E-state index contributed by atoms with van der Waals surface area (Å²) in [4.78, 5) is 9.08. The van der Waals surface area contributed by atoms with Gasteiger partial charge < -0.3 is 0 Å². The molecule has 0 N–H and O–H groups in total. The number of sulfone groups is 1. The molecule has 0 radical (unpaired) electrons. The number of aryl methyl sites for hydroxylation is 1. The first kappa shape index (κ1) is 11.9. The zero-order valence-electron chi connectivity index (χ0n) is 7.81. The molecule has 0 aliphatic rings. The van der Waals surface area contributed by atoms with Crippen molar-refractivity contribution in [3.8, 4) is 0 Å². The van der Waals surface area contributed by atoms with Crippen LogP contribution in [-0.4, -0.2) is 19.2 Å². The van der Waals surface area contributed by atoms with Gasteiger partial charge in [0, 0.05) is 4.92 Å². The maximum atomic E-state index is 11.5. The van der Waals surface area contributed by atoms with E-state index in [0.717, 1.165) is 0 Å². The van der Waals surface area contributed by atoms with Crippen molar-refractivity contribution < 1.29 is 13.3 Å². The van der Waals surface area contributed by atoms with Gasteiger partial charge in [-0.15, -0.1) is 0 Å². The van der Waals surface area contributed by atoms with Crippen LogP contribution < -0.4 is 0 Å². The van der Waals surface area contributed by atoms with E-state index in [9.17, 15) is 18.5 Å². The minimum absolute atomic E-state index is 0.0411. The van der Waals surface area contributed by atoms with Crippen molar-refractivity contribution in [2.75, 3.05) is 5.88 Å². The van der Waals surface area contributed by atoms with Crippen molar-refractivity contribution in [3.63, 3.8) is 0 Å². The monoisotopic (exact) mass is 249 g/mol.